The molecule has 1 N–H and O–H groups in total. The number of likely N-dealkylation sites (N-methyl/N-ethyl adjacent to an activating group) is 1. The van der Waals surface area contributed by atoms with Gasteiger partial charge in [0.05, 0.1) is 0 Å². The molecule has 1 heterocycles. The summed E-state index contributed by atoms with van der Waals surface area (Å²) in [6, 6.07) is 21.5. The highest BCUT2D eigenvalue weighted by molar-refractivity contribution is 5.68. The first-order chi connectivity index (χ1) is 11.3. The summed E-state index contributed by atoms with van der Waals surface area (Å²) in [5.41, 5.74) is 3.40. The van der Waals surface area contributed by atoms with E-state index in [1.165, 1.54) is 6.42 Å². The van der Waals surface area contributed by atoms with Crippen LogP contribution in [0.1, 0.15) is 6.42 Å². The van der Waals surface area contributed by atoms with Crippen molar-refractivity contribution in [1.82, 2.24) is 10.2 Å². The molecule has 0 unspecified atom stereocenters. The summed E-state index contributed by atoms with van der Waals surface area (Å²) in [5.74, 6) is 0. The molecule has 0 saturated carbocycles. The van der Waals surface area contributed by atoms with Crippen LogP contribution in [0.15, 0.2) is 72.9 Å². The third-order valence-corrected chi connectivity index (χ3v) is 4.43. The Hall–Kier alpha value is -2.10. The first-order valence-electron chi connectivity index (χ1n) is 8.24. The molecule has 0 radical (unpaired) electrons. The maximum Gasteiger partial charge on any atom is 0.0458 e. The van der Waals surface area contributed by atoms with E-state index in [9.17, 15) is 0 Å². The molecule has 1 atom stereocenters. The second-order valence-corrected chi connectivity index (χ2v) is 6.13. The van der Waals surface area contributed by atoms with Gasteiger partial charge in [-0.2, -0.15) is 0 Å². The third kappa shape index (κ3) is 3.81. The predicted molar refractivity (Wildman–Crippen MR) is 98.1 cm³/mol. The van der Waals surface area contributed by atoms with Gasteiger partial charge in [0.25, 0.3) is 0 Å². The van der Waals surface area contributed by atoms with Gasteiger partial charge in [-0.3, -0.25) is 4.90 Å². The van der Waals surface area contributed by atoms with Crippen LogP contribution in [0.4, 0.5) is 11.4 Å². The van der Waals surface area contributed by atoms with Crippen LogP contribution in [-0.4, -0.2) is 37.6 Å². The third-order valence-electron chi connectivity index (χ3n) is 4.43. The van der Waals surface area contributed by atoms with Crippen LogP contribution in [0, 0.1) is 0 Å². The number of para-hydroxylation sites is 2. The van der Waals surface area contributed by atoms with Crippen molar-refractivity contribution < 1.29 is 0 Å². The molecule has 120 valence electrons. The van der Waals surface area contributed by atoms with E-state index in [4.69, 9.17) is 0 Å². The monoisotopic (exact) mass is 307 g/mol. The molecule has 1 aliphatic heterocycles. The standard InChI is InChI=1S/C20H25N3/c1-17(16-22(2)20-13-14-21-15-20)23(18-9-5-3-6-10-18)19-11-7-4-8-12-19/h3-12,20-21H,1,13-16H2,2H3/t20-/m1/s1. The van der Waals surface area contributed by atoms with Crippen molar-refractivity contribution in [3.05, 3.63) is 72.9 Å². The van der Waals surface area contributed by atoms with Crippen molar-refractivity contribution in [3.8, 4) is 0 Å². The fourth-order valence-corrected chi connectivity index (χ4v) is 3.17. The van der Waals surface area contributed by atoms with Crippen LogP contribution in [-0.2, 0) is 0 Å². The van der Waals surface area contributed by atoms with Gasteiger partial charge >= 0.3 is 0 Å². The van der Waals surface area contributed by atoms with Gasteiger partial charge in [-0.25, -0.2) is 0 Å². The molecule has 0 spiro atoms. The molecular formula is C20H25N3. The first-order valence-corrected chi connectivity index (χ1v) is 8.24. The highest BCUT2D eigenvalue weighted by Gasteiger charge is 2.21. The molecule has 0 aliphatic carbocycles. The summed E-state index contributed by atoms with van der Waals surface area (Å²) in [6.07, 6.45) is 1.21. The second kappa shape index (κ2) is 7.44. The topological polar surface area (TPSA) is 18.5 Å². The van der Waals surface area contributed by atoms with Gasteiger partial charge < -0.3 is 10.2 Å². The molecule has 3 rings (SSSR count). The van der Waals surface area contributed by atoms with Crippen LogP contribution < -0.4 is 10.2 Å². The highest BCUT2D eigenvalue weighted by atomic mass is 15.2. The lowest BCUT2D eigenvalue weighted by Crippen LogP contribution is -2.37. The molecule has 3 heteroatoms. The predicted octanol–water partition coefficient (Wildman–Crippen LogP) is 3.63. The summed E-state index contributed by atoms with van der Waals surface area (Å²) in [5, 5.41) is 3.43. The second-order valence-electron chi connectivity index (χ2n) is 6.13. The van der Waals surface area contributed by atoms with Crippen molar-refractivity contribution in [1.29, 1.82) is 0 Å². The maximum absolute atomic E-state index is 4.38. The molecule has 0 amide bonds. The molecule has 1 saturated heterocycles. The van der Waals surface area contributed by atoms with E-state index in [1.54, 1.807) is 0 Å². The van der Waals surface area contributed by atoms with E-state index in [1.807, 2.05) is 12.1 Å². The fourth-order valence-electron chi connectivity index (χ4n) is 3.17. The number of nitrogens with zero attached hydrogens (tertiary/aromatic N) is 2. The molecule has 23 heavy (non-hydrogen) atoms. The molecule has 0 bridgehead atoms. The van der Waals surface area contributed by atoms with Crippen molar-refractivity contribution in [2.45, 2.75) is 12.5 Å². The Bertz CT molecular complexity index is 578. The first kappa shape index (κ1) is 15.8. The summed E-state index contributed by atoms with van der Waals surface area (Å²) >= 11 is 0. The molecule has 1 fully saturated rings. The molecule has 2 aromatic rings. The maximum atomic E-state index is 4.38. The van der Waals surface area contributed by atoms with E-state index < -0.39 is 0 Å². The Morgan fingerprint density at radius 1 is 1.04 bits per heavy atom. The Kier molecular flexibility index (Phi) is 5.11. The zero-order valence-electron chi connectivity index (χ0n) is 13.8. The number of anilines is 2. The SMILES string of the molecule is C=C(CN(C)[C@@H]1CCNC1)N(c1ccccc1)c1ccccc1. The van der Waals surface area contributed by atoms with Crippen LogP contribution in [0.2, 0.25) is 0 Å². The Labute approximate surface area is 139 Å². The highest BCUT2D eigenvalue weighted by Crippen LogP contribution is 2.29. The van der Waals surface area contributed by atoms with Crippen LogP contribution >= 0.6 is 0 Å². The van der Waals surface area contributed by atoms with Gasteiger partial charge in [-0.15, -0.1) is 0 Å². The average molecular weight is 307 g/mol. The minimum absolute atomic E-state index is 0.597. The summed E-state index contributed by atoms with van der Waals surface area (Å²) in [4.78, 5) is 4.65. The van der Waals surface area contributed by atoms with E-state index in [0.717, 1.165) is 36.7 Å². The minimum Gasteiger partial charge on any atom is -0.315 e. The fraction of sp³-hybridized carbons (Fsp3) is 0.300. The van der Waals surface area contributed by atoms with E-state index >= 15 is 0 Å². The van der Waals surface area contributed by atoms with Crippen LogP contribution in [0.25, 0.3) is 0 Å². The number of benzene rings is 2. The summed E-state index contributed by atoms with van der Waals surface area (Å²) < 4.78 is 0. The lowest BCUT2D eigenvalue weighted by atomic mass is 10.2. The van der Waals surface area contributed by atoms with Gasteiger partial charge in [-0.1, -0.05) is 43.0 Å². The molecule has 3 nitrogen and oxygen atoms in total. The Morgan fingerprint density at radius 3 is 2.09 bits per heavy atom. The van der Waals surface area contributed by atoms with Crippen LogP contribution in [0.3, 0.4) is 0 Å². The van der Waals surface area contributed by atoms with Crippen LogP contribution in [0.5, 0.6) is 0 Å². The lowest BCUT2D eigenvalue weighted by molar-refractivity contribution is 0.277. The number of nitrogens with one attached hydrogen (secondary N) is 1. The summed E-state index contributed by atoms with van der Waals surface area (Å²) in [7, 11) is 2.19. The van der Waals surface area contributed by atoms with E-state index in [0.29, 0.717) is 6.04 Å². The van der Waals surface area contributed by atoms with Crippen molar-refractivity contribution in [2.75, 3.05) is 31.6 Å². The smallest absolute Gasteiger partial charge is 0.0458 e. The normalized spacial score (nSPS) is 17.4. The van der Waals surface area contributed by atoms with Gasteiger partial charge in [0, 0.05) is 36.2 Å². The quantitative estimate of drug-likeness (QED) is 0.879. The minimum atomic E-state index is 0.597. The zero-order valence-corrected chi connectivity index (χ0v) is 13.8. The largest absolute Gasteiger partial charge is 0.315 e. The molecule has 2 aromatic carbocycles. The molecule has 0 aromatic heterocycles. The van der Waals surface area contributed by atoms with Gasteiger partial charge in [-0.05, 0) is 44.3 Å². The number of hydrogen-bond donors (Lipinski definition) is 1. The molecule has 1 aliphatic rings. The van der Waals surface area contributed by atoms with E-state index in [2.05, 4.69) is 77.3 Å². The van der Waals surface area contributed by atoms with Gasteiger partial charge in [0.15, 0.2) is 0 Å². The summed E-state index contributed by atoms with van der Waals surface area (Å²) in [6.45, 7) is 7.42. The van der Waals surface area contributed by atoms with Gasteiger partial charge in [0.1, 0.15) is 0 Å². The van der Waals surface area contributed by atoms with Gasteiger partial charge in [0.2, 0.25) is 0 Å². The van der Waals surface area contributed by atoms with Crippen molar-refractivity contribution in [3.63, 3.8) is 0 Å². The van der Waals surface area contributed by atoms with Crippen molar-refractivity contribution in [2.24, 2.45) is 0 Å². The zero-order chi connectivity index (χ0) is 16.1. The average Bonchev–Trinajstić information content (AvgIpc) is 3.12. The molecular weight excluding hydrogens is 282 g/mol. The Balaban J connectivity index is 1.82. The number of rotatable bonds is 6. The lowest BCUT2D eigenvalue weighted by Gasteiger charge is -2.32. The van der Waals surface area contributed by atoms with E-state index in [-0.39, 0.29) is 0 Å². The number of hydrogen-bond acceptors (Lipinski definition) is 3. The Morgan fingerprint density at radius 2 is 1.61 bits per heavy atom. The van der Waals surface area contributed by atoms with Crippen molar-refractivity contribution >= 4 is 11.4 Å².